The second kappa shape index (κ2) is 12.7. The van der Waals surface area contributed by atoms with Gasteiger partial charge in [-0.3, -0.25) is 9.69 Å². The zero-order valence-electron chi connectivity index (χ0n) is 21.4. The fourth-order valence-electron chi connectivity index (χ4n) is 4.06. The predicted molar refractivity (Wildman–Crippen MR) is 150 cm³/mol. The second-order valence-corrected chi connectivity index (χ2v) is 10.3. The van der Waals surface area contributed by atoms with Crippen LogP contribution in [0, 0.1) is 6.92 Å². The van der Waals surface area contributed by atoms with E-state index in [4.69, 9.17) is 4.98 Å². The van der Waals surface area contributed by atoms with Gasteiger partial charge in [-0.2, -0.15) is 0 Å². The van der Waals surface area contributed by atoms with E-state index in [1.54, 1.807) is 11.8 Å². The molecule has 3 aromatic rings. The van der Waals surface area contributed by atoms with Crippen LogP contribution >= 0.6 is 11.8 Å². The number of piperazine rings is 1. The lowest BCUT2D eigenvalue weighted by molar-refractivity contribution is 0.0943. The summed E-state index contributed by atoms with van der Waals surface area (Å²) in [7, 11) is 0. The first-order chi connectivity index (χ1) is 17.5. The minimum Gasteiger partial charge on any atom is -0.354 e. The number of nitrogens with one attached hydrogen (secondary N) is 1. The standard InChI is InChI=1S/C29H35N5OS/c1-22(2)30-28(35)26-13-11-25(12-14-26)21-36-29-31-23(3)20-27(32-29)34-18-16-33(17-19-34)15-7-10-24-8-5-4-6-9-24/h4-14,20,22H,15-19,21H2,1-3H3,(H,30,35)/b10-7+. The van der Waals surface area contributed by atoms with Crippen molar-refractivity contribution in [1.29, 1.82) is 0 Å². The third kappa shape index (κ3) is 7.67. The molecule has 188 valence electrons. The highest BCUT2D eigenvalue weighted by Crippen LogP contribution is 2.24. The van der Waals surface area contributed by atoms with Crippen molar-refractivity contribution in [2.75, 3.05) is 37.6 Å². The summed E-state index contributed by atoms with van der Waals surface area (Å²) in [5, 5.41) is 3.72. The van der Waals surface area contributed by atoms with Gasteiger partial charge in [-0.25, -0.2) is 9.97 Å². The molecule has 0 aliphatic carbocycles. The number of aryl methyl sites for hydroxylation is 1. The highest BCUT2D eigenvalue weighted by molar-refractivity contribution is 7.98. The molecule has 0 spiro atoms. The molecule has 1 amide bonds. The number of hydrogen-bond acceptors (Lipinski definition) is 6. The third-order valence-electron chi connectivity index (χ3n) is 5.99. The largest absolute Gasteiger partial charge is 0.354 e. The maximum Gasteiger partial charge on any atom is 0.251 e. The lowest BCUT2D eigenvalue weighted by atomic mass is 10.1. The number of nitrogens with zero attached hydrogens (tertiary/aromatic N) is 4. The lowest BCUT2D eigenvalue weighted by Crippen LogP contribution is -2.46. The topological polar surface area (TPSA) is 61.4 Å². The Morgan fingerprint density at radius 2 is 1.75 bits per heavy atom. The molecule has 0 atom stereocenters. The van der Waals surface area contributed by atoms with Crippen LogP contribution in [0.4, 0.5) is 5.82 Å². The Morgan fingerprint density at radius 1 is 1.03 bits per heavy atom. The van der Waals surface area contributed by atoms with E-state index in [2.05, 4.69) is 62.6 Å². The number of thioether (sulfide) groups is 1. The first kappa shape index (κ1) is 25.9. The summed E-state index contributed by atoms with van der Waals surface area (Å²) in [4.78, 5) is 26.5. The zero-order valence-corrected chi connectivity index (χ0v) is 22.2. The maximum absolute atomic E-state index is 12.2. The third-order valence-corrected chi connectivity index (χ3v) is 6.91. The lowest BCUT2D eigenvalue weighted by Gasteiger charge is -2.35. The molecule has 2 aromatic carbocycles. The molecule has 0 unspecified atom stereocenters. The van der Waals surface area contributed by atoms with Gasteiger partial charge < -0.3 is 10.2 Å². The fourth-order valence-corrected chi connectivity index (χ4v) is 4.91. The number of anilines is 1. The summed E-state index contributed by atoms with van der Waals surface area (Å²) in [6, 6.07) is 20.4. The maximum atomic E-state index is 12.2. The predicted octanol–water partition coefficient (Wildman–Crippen LogP) is 5.05. The average molecular weight is 502 g/mol. The second-order valence-electron chi connectivity index (χ2n) is 9.36. The van der Waals surface area contributed by atoms with Gasteiger partial charge in [0.15, 0.2) is 5.16 Å². The van der Waals surface area contributed by atoms with Gasteiger partial charge in [-0.05, 0) is 44.0 Å². The van der Waals surface area contributed by atoms with Gasteiger partial charge >= 0.3 is 0 Å². The van der Waals surface area contributed by atoms with Crippen LogP contribution in [0.1, 0.15) is 41.0 Å². The molecule has 1 saturated heterocycles. The number of amides is 1. The summed E-state index contributed by atoms with van der Waals surface area (Å²) >= 11 is 1.63. The summed E-state index contributed by atoms with van der Waals surface area (Å²) < 4.78 is 0. The Kier molecular flexibility index (Phi) is 9.14. The van der Waals surface area contributed by atoms with Crippen molar-refractivity contribution in [3.63, 3.8) is 0 Å². The zero-order chi connectivity index (χ0) is 25.3. The Labute approximate surface area is 218 Å². The Balaban J connectivity index is 1.29. The van der Waals surface area contributed by atoms with Crippen molar-refractivity contribution in [3.8, 4) is 0 Å². The highest BCUT2D eigenvalue weighted by atomic mass is 32.2. The highest BCUT2D eigenvalue weighted by Gasteiger charge is 2.18. The number of carbonyl (C=O) groups excluding carboxylic acids is 1. The van der Waals surface area contributed by atoms with Crippen LogP contribution in [0.5, 0.6) is 0 Å². The van der Waals surface area contributed by atoms with E-state index < -0.39 is 0 Å². The first-order valence-corrected chi connectivity index (χ1v) is 13.5. The number of benzene rings is 2. The molecule has 1 N–H and O–H groups in total. The molecular formula is C29H35N5OS. The number of carbonyl (C=O) groups is 1. The quantitative estimate of drug-likeness (QED) is 0.327. The van der Waals surface area contributed by atoms with E-state index in [-0.39, 0.29) is 11.9 Å². The van der Waals surface area contributed by atoms with Gasteiger partial charge in [0, 0.05) is 61.8 Å². The van der Waals surface area contributed by atoms with Crippen molar-refractivity contribution in [1.82, 2.24) is 20.2 Å². The molecule has 1 aliphatic rings. The Morgan fingerprint density at radius 3 is 2.44 bits per heavy atom. The normalized spacial score (nSPS) is 14.5. The van der Waals surface area contributed by atoms with Crippen LogP contribution in [-0.2, 0) is 5.75 Å². The van der Waals surface area contributed by atoms with E-state index >= 15 is 0 Å². The van der Waals surface area contributed by atoms with Gasteiger partial charge in [0.25, 0.3) is 5.91 Å². The Hall–Kier alpha value is -3.16. The molecule has 7 heteroatoms. The smallest absolute Gasteiger partial charge is 0.251 e. The van der Waals surface area contributed by atoms with Crippen molar-refractivity contribution >= 4 is 29.6 Å². The Bertz CT molecular complexity index is 1160. The van der Waals surface area contributed by atoms with Gasteiger partial charge in [0.2, 0.25) is 0 Å². The molecule has 6 nitrogen and oxygen atoms in total. The van der Waals surface area contributed by atoms with E-state index in [9.17, 15) is 4.79 Å². The van der Waals surface area contributed by atoms with Crippen molar-refractivity contribution < 1.29 is 4.79 Å². The van der Waals surface area contributed by atoms with Crippen molar-refractivity contribution in [2.24, 2.45) is 0 Å². The molecule has 1 aliphatic heterocycles. The summed E-state index contributed by atoms with van der Waals surface area (Å²) in [6.07, 6.45) is 4.44. The number of aromatic nitrogens is 2. The minimum absolute atomic E-state index is 0.0387. The summed E-state index contributed by atoms with van der Waals surface area (Å²) in [5.74, 6) is 1.73. The summed E-state index contributed by atoms with van der Waals surface area (Å²) in [6.45, 7) is 10.9. The van der Waals surface area contributed by atoms with Crippen molar-refractivity contribution in [3.05, 3.63) is 89.1 Å². The molecule has 4 rings (SSSR count). The minimum atomic E-state index is -0.0387. The van der Waals surface area contributed by atoms with Gasteiger partial charge in [0.05, 0.1) is 0 Å². The molecule has 0 bridgehead atoms. The molecule has 36 heavy (non-hydrogen) atoms. The van der Waals surface area contributed by atoms with Gasteiger partial charge in [0.1, 0.15) is 5.82 Å². The molecule has 1 aromatic heterocycles. The van der Waals surface area contributed by atoms with Crippen LogP contribution in [0.25, 0.3) is 6.08 Å². The van der Waals surface area contributed by atoms with Gasteiger partial charge in [-0.1, -0.05) is 66.4 Å². The van der Waals surface area contributed by atoms with Crippen LogP contribution in [0.3, 0.4) is 0 Å². The van der Waals surface area contributed by atoms with E-state index in [0.717, 1.165) is 60.7 Å². The fraction of sp³-hybridized carbons (Fsp3) is 0.345. The van der Waals surface area contributed by atoms with Crippen LogP contribution in [0.15, 0.2) is 71.9 Å². The van der Waals surface area contributed by atoms with Crippen LogP contribution in [0.2, 0.25) is 0 Å². The number of hydrogen-bond donors (Lipinski definition) is 1. The van der Waals surface area contributed by atoms with E-state index in [1.807, 2.05) is 51.1 Å². The van der Waals surface area contributed by atoms with Crippen molar-refractivity contribution in [2.45, 2.75) is 37.7 Å². The van der Waals surface area contributed by atoms with Gasteiger partial charge in [-0.15, -0.1) is 0 Å². The molecule has 0 radical (unpaired) electrons. The van der Waals surface area contributed by atoms with E-state index in [0.29, 0.717) is 5.56 Å². The number of rotatable bonds is 9. The summed E-state index contributed by atoms with van der Waals surface area (Å²) in [5.41, 5.74) is 4.05. The molecular weight excluding hydrogens is 466 g/mol. The van der Waals surface area contributed by atoms with Crippen LogP contribution < -0.4 is 10.2 Å². The first-order valence-electron chi connectivity index (χ1n) is 12.5. The van der Waals surface area contributed by atoms with E-state index in [1.165, 1.54) is 5.56 Å². The average Bonchev–Trinajstić information content (AvgIpc) is 2.88. The monoisotopic (exact) mass is 501 g/mol. The van der Waals surface area contributed by atoms with Crippen LogP contribution in [-0.4, -0.2) is 59.5 Å². The SMILES string of the molecule is Cc1cc(N2CCN(C/C=C/c3ccccc3)CC2)nc(SCc2ccc(C(=O)NC(C)C)cc2)n1. The molecule has 1 fully saturated rings. The molecule has 2 heterocycles. The molecule has 0 saturated carbocycles.